The minimum Gasteiger partial charge on any atom is -0.458 e. The predicted octanol–water partition coefficient (Wildman–Crippen LogP) is 3.64. The minimum atomic E-state index is -2.01. The second kappa shape index (κ2) is 8.37. The lowest BCUT2D eigenvalue weighted by Crippen LogP contribution is -2.69. The highest BCUT2D eigenvalue weighted by molar-refractivity contribution is 6.01. The minimum absolute atomic E-state index is 0.0916. The van der Waals surface area contributed by atoms with Gasteiger partial charge in [0.25, 0.3) is 0 Å². The Morgan fingerprint density at radius 2 is 1.97 bits per heavy atom. The maximum absolute atomic E-state index is 17.1. The fraction of sp³-hybridized carbons (Fsp3) is 0.741. The normalized spacial score (nSPS) is 45.1. The van der Waals surface area contributed by atoms with E-state index in [1.54, 1.807) is 26.8 Å². The van der Waals surface area contributed by atoms with Gasteiger partial charge in [-0.25, -0.2) is 4.39 Å². The van der Waals surface area contributed by atoms with Gasteiger partial charge in [-0.1, -0.05) is 38.8 Å². The monoisotopic (exact) mass is 476 g/mol. The van der Waals surface area contributed by atoms with Crippen LogP contribution in [0.2, 0.25) is 0 Å². The molecule has 0 aromatic carbocycles. The molecule has 0 aliphatic heterocycles. The van der Waals surface area contributed by atoms with Crippen molar-refractivity contribution < 1.29 is 33.7 Å². The molecule has 0 bridgehead atoms. The Bertz CT molecular complexity index is 957. The summed E-state index contributed by atoms with van der Waals surface area (Å²) in [4.78, 5) is 37.2. The SMILES string of the molecule is CCCCC(=O)OCC(=O)C1(O)[C@@H](C)CC2C3CCC4=CC(=O)C=CC4(C)C3(F)[C@@H](O)CC21C. The molecule has 0 radical (unpaired) electrons. The van der Waals surface area contributed by atoms with E-state index in [1.807, 2.05) is 6.92 Å². The number of rotatable bonds is 6. The lowest BCUT2D eigenvalue weighted by Gasteiger charge is -2.62. The molecular weight excluding hydrogens is 439 g/mol. The van der Waals surface area contributed by atoms with Crippen molar-refractivity contribution in [3.63, 3.8) is 0 Å². The predicted molar refractivity (Wildman–Crippen MR) is 123 cm³/mol. The number of esters is 1. The number of carbonyl (C=O) groups excluding carboxylic acids is 3. The van der Waals surface area contributed by atoms with Crippen molar-refractivity contribution in [3.8, 4) is 0 Å². The molecule has 0 spiro atoms. The Morgan fingerprint density at radius 1 is 1.26 bits per heavy atom. The molecule has 0 heterocycles. The van der Waals surface area contributed by atoms with E-state index in [-0.39, 0.29) is 24.5 Å². The summed E-state index contributed by atoms with van der Waals surface area (Å²) in [6, 6.07) is 0. The number of aliphatic hydroxyl groups is 2. The Kier molecular flexibility index (Phi) is 6.21. The number of alkyl halides is 1. The topological polar surface area (TPSA) is 101 Å². The maximum Gasteiger partial charge on any atom is 0.306 e. The van der Waals surface area contributed by atoms with Gasteiger partial charge in [0.2, 0.25) is 5.78 Å². The van der Waals surface area contributed by atoms with Crippen molar-refractivity contribution in [2.24, 2.45) is 28.6 Å². The molecule has 188 valence electrons. The number of ether oxygens (including phenoxy) is 1. The zero-order chi connectivity index (χ0) is 25.1. The largest absolute Gasteiger partial charge is 0.458 e. The molecule has 0 aromatic rings. The summed E-state index contributed by atoms with van der Waals surface area (Å²) < 4.78 is 22.3. The lowest BCUT2D eigenvalue weighted by molar-refractivity contribution is -0.220. The number of carbonyl (C=O) groups is 3. The standard InChI is InChI=1S/C27H37FO6/c1-5-6-7-23(32)34-15-22(31)27(33)16(2)12-20-19-9-8-17-13-18(29)10-11-24(17,3)26(19,28)21(30)14-25(20,27)4/h10-11,13,16,19-21,30,33H,5-9,12,14-15H2,1-4H3/t16-,19?,20?,21-,24?,25?,26?,27?/m0/s1. The third-order valence-electron chi connectivity index (χ3n) is 9.75. The van der Waals surface area contributed by atoms with Crippen molar-refractivity contribution >= 4 is 17.5 Å². The number of hydrogen-bond acceptors (Lipinski definition) is 6. The first-order valence-electron chi connectivity index (χ1n) is 12.6. The molecule has 6 nitrogen and oxygen atoms in total. The summed E-state index contributed by atoms with van der Waals surface area (Å²) in [7, 11) is 0. The highest BCUT2D eigenvalue weighted by atomic mass is 19.1. The summed E-state index contributed by atoms with van der Waals surface area (Å²) in [5.41, 5.74) is -5.34. The second-order valence-electron chi connectivity index (χ2n) is 11.4. The number of Topliss-reactive ketones (excluding diaryl/α,β-unsaturated/α-hetero) is 1. The van der Waals surface area contributed by atoms with Crippen molar-refractivity contribution in [3.05, 3.63) is 23.8 Å². The van der Waals surface area contributed by atoms with Gasteiger partial charge in [-0.2, -0.15) is 0 Å². The fourth-order valence-electron chi connectivity index (χ4n) is 7.79. The van der Waals surface area contributed by atoms with Gasteiger partial charge < -0.3 is 14.9 Å². The van der Waals surface area contributed by atoms with Crippen LogP contribution in [0.5, 0.6) is 0 Å². The van der Waals surface area contributed by atoms with Crippen molar-refractivity contribution in [2.75, 3.05) is 6.61 Å². The fourth-order valence-corrected chi connectivity index (χ4v) is 7.79. The van der Waals surface area contributed by atoms with E-state index in [0.29, 0.717) is 31.3 Å². The van der Waals surface area contributed by atoms with Crippen LogP contribution in [-0.4, -0.2) is 51.7 Å². The molecule has 3 saturated carbocycles. The average molecular weight is 477 g/mol. The molecule has 8 atom stereocenters. The van der Waals surface area contributed by atoms with Crippen molar-refractivity contribution in [1.82, 2.24) is 0 Å². The summed E-state index contributed by atoms with van der Waals surface area (Å²) >= 11 is 0. The van der Waals surface area contributed by atoms with Gasteiger partial charge in [0.05, 0.1) is 6.10 Å². The molecule has 6 unspecified atom stereocenters. The highest BCUT2D eigenvalue weighted by Crippen LogP contribution is 2.70. The van der Waals surface area contributed by atoms with Crippen LogP contribution in [0.3, 0.4) is 0 Å². The maximum atomic E-state index is 17.1. The van der Waals surface area contributed by atoms with Crippen LogP contribution in [0.15, 0.2) is 23.8 Å². The first-order chi connectivity index (χ1) is 15.9. The molecular formula is C27H37FO6. The van der Waals surface area contributed by atoms with Gasteiger partial charge in [-0.3, -0.25) is 14.4 Å². The first-order valence-corrected chi connectivity index (χ1v) is 12.6. The number of allylic oxidation sites excluding steroid dienone is 4. The molecule has 2 N–H and O–H groups in total. The Labute approximate surface area is 200 Å². The van der Waals surface area contributed by atoms with Crippen LogP contribution in [-0.2, 0) is 19.1 Å². The second-order valence-corrected chi connectivity index (χ2v) is 11.4. The molecule has 4 aliphatic rings. The van der Waals surface area contributed by atoms with Gasteiger partial charge in [0.15, 0.2) is 18.1 Å². The van der Waals surface area contributed by atoms with Gasteiger partial charge in [0, 0.05) is 23.2 Å². The van der Waals surface area contributed by atoms with Gasteiger partial charge in [0.1, 0.15) is 5.60 Å². The van der Waals surface area contributed by atoms with E-state index in [1.165, 1.54) is 12.2 Å². The third kappa shape index (κ3) is 3.22. The molecule has 0 aromatic heterocycles. The van der Waals surface area contributed by atoms with Crippen LogP contribution < -0.4 is 0 Å². The summed E-state index contributed by atoms with van der Waals surface area (Å²) in [6.45, 7) is 6.72. The summed E-state index contributed by atoms with van der Waals surface area (Å²) in [5.74, 6) is -2.64. The quantitative estimate of drug-likeness (QED) is 0.568. The van der Waals surface area contributed by atoms with Crippen LogP contribution in [0, 0.1) is 28.6 Å². The summed E-state index contributed by atoms with van der Waals surface area (Å²) in [5, 5.41) is 23.2. The van der Waals surface area contributed by atoms with E-state index in [4.69, 9.17) is 4.74 Å². The van der Waals surface area contributed by atoms with Crippen LogP contribution in [0.4, 0.5) is 4.39 Å². The molecule has 0 amide bonds. The number of unbranched alkanes of at least 4 members (excludes halogenated alkanes) is 1. The highest BCUT2D eigenvalue weighted by Gasteiger charge is 2.75. The van der Waals surface area contributed by atoms with Crippen molar-refractivity contribution in [2.45, 2.75) is 90.0 Å². The number of hydrogen-bond donors (Lipinski definition) is 2. The van der Waals surface area contributed by atoms with Gasteiger partial charge in [-0.05, 0) is 63.0 Å². The molecule has 4 rings (SSSR count). The first kappa shape index (κ1) is 25.2. The van der Waals surface area contributed by atoms with Crippen molar-refractivity contribution in [1.29, 1.82) is 0 Å². The number of aliphatic hydroxyl groups excluding tert-OH is 1. The Morgan fingerprint density at radius 3 is 2.65 bits per heavy atom. The van der Waals surface area contributed by atoms with Gasteiger partial charge in [-0.15, -0.1) is 0 Å². The zero-order valence-corrected chi connectivity index (χ0v) is 20.6. The number of halogens is 1. The third-order valence-corrected chi connectivity index (χ3v) is 9.75. The molecule has 4 aliphatic carbocycles. The summed E-state index contributed by atoms with van der Waals surface area (Å²) in [6.07, 6.45) is 6.03. The lowest BCUT2D eigenvalue weighted by atomic mass is 9.44. The smallest absolute Gasteiger partial charge is 0.306 e. The van der Waals surface area contributed by atoms with Crippen LogP contribution in [0.25, 0.3) is 0 Å². The van der Waals surface area contributed by atoms with E-state index < -0.39 is 58.4 Å². The van der Waals surface area contributed by atoms with E-state index in [0.717, 1.165) is 6.42 Å². The van der Waals surface area contributed by atoms with E-state index >= 15 is 4.39 Å². The average Bonchev–Trinajstić information content (AvgIpc) is 2.99. The molecule has 7 heteroatoms. The number of ketones is 2. The Hall–Kier alpha value is -1.86. The van der Waals surface area contributed by atoms with E-state index in [2.05, 4.69) is 0 Å². The zero-order valence-electron chi connectivity index (χ0n) is 20.6. The van der Waals surface area contributed by atoms with Crippen LogP contribution >= 0.6 is 0 Å². The van der Waals surface area contributed by atoms with E-state index in [9.17, 15) is 24.6 Å². The molecule has 0 saturated heterocycles. The molecule has 34 heavy (non-hydrogen) atoms. The molecule has 3 fully saturated rings. The van der Waals surface area contributed by atoms with Gasteiger partial charge >= 0.3 is 5.97 Å². The van der Waals surface area contributed by atoms with Crippen LogP contribution in [0.1, 0.15) is 72.6 Å². The Balaban J connectivity index is 1.65. The number of fused-ring (bicyclic) bond motifs is 5.